The molecule has 2 aromatic carbocycles. The average Bonchev–Trinajstić information content (AvgIpc) is 2.60. The number of ether oxygens (including phenoxy) is 1. The number of carbonyl (C=O) groups is 2. The number of halogens is 4. The summed E-state index contributed by atoms with van der Waals surface area (Å²) in [5.41, 5.74) is -0.154. The second kappa shape index (κ2) is 8.46. The molecule has 1 amide bonds. The molecule has 2 rings (SSSR count). The molecule has 0 heterocycles. The molecular weight excluding hydrogens is 391 g/mol. The summed E-state index contributed by atoms with van der Waals surface area (Å²) in [6, 6.07) is 9.51. The second-order valence-electron chi connectivity index (χ2n) is 5.05. The Hall–Kier alpha value is -2.19. The van der Waals surface area contributed by atoms with Crippen molar-refractivity contribution < 1.29 is 27.5 Å². The molecule has 0 aromatic heterocycles. The first-order valence-electron chi connectivity index (χ1n) is 7.18. The van der Waals surface area contributed by atoms with Gasteiger partial charge in [-0.05, 0) is 42.5 Å². The number of rotatable bonds is 5. The van der Waals surface area contributed by atoms with Crippen molar-refractivity contribution in [3.8, 4) is 0 Å². The summed E-state index contributed by atoms with van der Waals surface area (Å²) in [5, 5.41) is 2.20. The molecule has 0 saturated carbocycles. The molecule has 9 heteroatoms. The van der Waals surface area contributed by atoms with Crippen LogP contribution in [0.5, 0.6) is 0 Å². The van der Waals surface area contributed by atoms with Crippen LogP contribution in [0.3, 0.4) is 0 Å². The van der Waals surface area contributed by atoms with E-state index in [1.54, 1.807) is 0 Å². The first kappa shape index (κ1) is 20.1. The van der Waals surface area contributed by atoms with Crippen LogP contribution < -0.4 is 5.32 Å². The third-order valence-corrected chi connectivity index (χ3v) is 4.53. The topological polar surface area (TPSA) is 55.4 Å². The predicted octanol–water partition coefficient (Wildman–Crippen LogP) is 4.88. The molecule has 0 atom stereocenters. The number of hydrogen-bond donors (Lipinski definition) is 1. The van der Waals surface area contributed by atoms with Gasteiger partial charge in [0.2, 0.25) is 5.91 Å². The largest absolute Gasteiger partial charge is 0.465 e. The Morgan fingerprint density at radius 1 is 1.15 bits per heavy atom. The summed E-state index contributed by atoms with van der Waals surface area (Å²) < 4.78 is 43.0. The molecule has 0 aliphatic carbocycles. The van der Waals surface area contributed by atoms with Crippen molar-refractivity contribution in [3.63, 3.8) is 0 Å². The van der Waals surface area contributed by atoms with Gasteiger partial charge in [-0.2, -0.15) is 13.2 Å². The molecule has 26 heavy (non-hydrogen) atoms. The van der Waals surface area contributed by atoms with Crippen molar-refractivity contribution >= 4 is 40.9 Å². The second-order valence-corrected chi connectivity index (χ2v) is 6.50. The highest BCUT2D eigenvalue weighted by molar-refractivity contribution is 8.00. The Bertz CT molecular complexity index is 810. The number of nitrogens with one attached hydrogen (secondary N) is 1. The Balaban J connectivity index is 1.96. The van der Waals surface area contributed by atoms with E-state index in [1.165, 1.54) is 37.4 Å². The van der Waals surface area contributed by atoms with Crippen molar-refractivity contribution in [3.05, 3.63) is 58.6 Å². The summed E-state index contributed by atoms with van der Waals surface area (Å²) in [7, 11) is 1.26. The van der Waals surface area contributed by atoms with Gasteiger partial charge in [0.15, 0.2) is 0 Å². The van der Waals surface area contributed by atoms with Gasteiger partial charge in [0.1, 0.15) is 0 Å². The first-order chi connectivity index (χ1) is 12.2. The molecule has 0 saturated heterocycles. The Labute approximate surface area is 156 Å². The van der Waals surface area contributed by atoms with Gasteiger partial charge in [0.25, 0.3) is 0 Å². The van der Waals surface area contributed by atoms with Crippen molar-refractivity contribution in [2.75, 3.05) is 18.2 Å². The highest BCUT2D eigenvalue weighted by atomic mass is 35.5. The minimum atomic E-state index is -4.56. The molecule has 0 aliphatic heterocycles. The van der Waals surface area contributed by atoms with E-state index in [4.69, 9.17) is 11.6 Å². The van der Waals surface area contributed by atoms with Gasteiger partial charge in [-0.3, -0.25) is 4.79 Å². The maximum atomic E-state index is 12.8. The van der Waals surface area contributed by atoms with Gasteiger partial charge in [-0.25, -0.2) is 4.79 Å². The lowest BCUT2D eigenvalue weighted by molar-refractivity contribution is -0.137. The number of carbonyl (C=O) groups excluding carboxylic acids is 2. The highest BCUT2D eigenvalue weighted by Gasteiger charge is 2.33. The maximum absolute atomic E-state index is 12.8. The number of alkyl halides is 3. The number of hydrogen-bond acceptors (Lipinski definition) is 4. The monoisotopic (exact) mass is 403 g/mol. The van der Waals surface area contributed by atoms with E-state index in [0.717, 1.165) is 23.9 Å². The number of benzene rings is 2. The average molecular weight is 404 g/mol. The van der Waals surface area contributed by atoms with E-state index < -0.39 is 28.6 Å². The number of esters is 1. The standard InChI is InChI=1S/C17H13ClF3NO3S/c1-25-16(24)10-2-4-11(5-3-10)22-15(23)9-26-12-6-7-14(18)13(8-12)17(19,20)21/h2-8H,9H2,1H3,(H,22,23). The molecule has 1 N–H and O–H groups in total. The third-order valence-electron chi connectivity index (χ3n) is 3.20. The van der Waals surface area contributed by atoms with Crippen LogP contribution in [0, 0.1) is 0 Å². The maximum Gasteiger partial charge on any atom is 0.417 e. The van der Waals surface area contributed by atoms with Crippen molar-refractivity contribution in [1.82, 2.24) is 0 Å². The predicted molar refractivity (Wildman–Crippen MR) is 93.6 cm³/mol. The van der Waals surface area contributed by atoms with Crippen LogP contribution in [0.2, 0.25) is 5.02 Å². The molecule has 0 aliphatic rings. The number of amides is 1. The molecule has 0 fully saturated rings. The molecule has 4 nitrogen and oxygen atoms in total. The minimum absolute atomic E-state index is 0.0856. The van der Waals surface area contributed by atoms with Gasteiger partial charge >= 0.3 is 12.1 Å². The minimum Gasteiger partial charge on any atom is -0.465 e. The van der Waals surface area contributed by atoms with Gasteiger partial charge in [-0.15, -0.1) is 11.8 Å². The smallest absolute Gasteiger partial charge is 0.417 e. The van der Waals surface area contributed by atoms with Crippen molar-refractivity contribution in [1.29, 1.82) is 0 Å². The lowest BCUT2D eigenvalue weighted by Gasteiger charge is -2.11. The van der Waals surface area contributed by atoms with Gasteiger partial charge in [0.05, 0.1) is 29.0 Å². The summed E-state index contributed by atoms with van der Waals surface area (Å²) in [6.07, 6.45) is -4.56. The zero-order valence-corrected chi connectivity index (χ0v) is 15.0. The Morgan fingerprint density at radius 2 is 1.81 bits per heavy atom. The van der Waals surface area contributed by atoms with Crippen LogP contribution in [0.15, 0.2) is 47.4 Å². The van der Waals surface area contributed by atoms with E-state index in [2.05, 4.69) is 10.1 Å². The van der Waals surface area contributed by atoms with Crippen LogP contribution in [-0.4, -0.2) is 24.7 Å². The fourth-order valence-corrected chi connectivity index (χ4v) is 2.92. The summed E-state index contributed by atoms with van der Waals surface area (Å²) >= 11 is 6.51. The van der Waals surface area contributed by atoms with E-state index >= 15 is 0 Å². The lowest BCUT2D eigenvalue weighted by atomic mass is 10.2. The molecule has 0 unspecified atom stereocenters. The van der Waals surface area contributed by atoms with Crippen LogP contribution >= 0.6 is 23.4 Å². The molecule has 138 valence electrons. The summed E-state index contributed by atoms with van der Waals surface area (Å²) in [5.74, 6) is -0.983. The fraction of sp³-hybridized carbons (Fsp3) is 0.176. The number of methoxy groups -OCH3 is 1. The molecule has 0 radical (unpaired) electrons. The Kier molecular flexibility index (Phi) is 6.55. The van der Waals surface area contributed by atoms with E-state index in [1.807, 2.05) is 0 Å². The number of thioether (sulfide) groups is 1. The molecule has 2 aromatic rings. The normalized spacial score (nSPS) is 11.1. The summed E-state index contributed by atoms with van der Waals surface area (Å²) in [6.45, 7) is 0. The van der Waals surface area contributed by atoms with Crippen LogP contribution in [-0.2, 0) is 15.7 Å². The van der Waals surface area contributed by atoms with Gasteiger partial charge in [0, 0.05) is 10.6 Å². The summed E-state index contributed by atoms with van der Waals surface area (Å²) in [4.78, 5) is 23.5. The van der Waals surface area contributed by atoms with Gasteiger partial charge < -0.3 is 10.1 Å². The first-order valence-corrected chi connectivity index (χ1v) is 8.55. The zero-order valence-electron chi connectivity index (χ0n) is 13.4. The van der Waals surface area contributed by atoms with E-state index in [-0.39, 0.29) is 10.6 Å². The molecular formula is C17H13ClF3NO3S. The third kappa shape index (κ3) is 5.40. The van der Waals surface area contributed by atoms with Crippen LogP contribution in [0.1, 0.15) is 15.9 Å². The zero-order chi connectivity index (χ0) is 19.3. The van der Waals surface area contributed by atoms with Gasteiger partial charge in [-0.1, -0.05) is 11.6 Å². The van der Waals surface area contributed by atoms with Crippen molar-refractivity contribution in [2.45, 2.75) is 11.1 Å². The Morgan fingerprint density at radius 3 is 2.38 bits per heavy atom. The number of anilines is 1. The van der Waals surface area contributed by atoms with E-state index in [0.29, 0.717) is 11.3 Å². The SMILES string of the molecule is COC(=O)c1ccc(NC(=O)CSc2ccc(Cl)c(C(F)(F)F)c2)cc1. The fourth-order valence-electron chi connectivity index (χ4n) is 1.96. The molecule has 0 spiro atoms. The lowest BCUT2D eigenvalue weighted by Crippen LogP contribution is -2.14. The van der Waals surface area contributed by atoms with Crippen LogP contribution in [0.4, 0.5) is 18.9 Å². The molecule has 0 bridgehead atoms. The highest BCUT2D eigenvalue weighted by Crippen LogP contribution is 2.37. The van der Waals surface area contributed by atoms with Crippen molar-refractivity contribution in [2.24, 2.45) is 0 Å². The van der Waals surface area contributed by atoms with Crippen LogP contribution in [0.25, 0.3) is 0 Å². The van der Waals surface area contributed by atoms with E-state index in [9.17, 15) is 22.8 Å². The quantitative estimate of drug-likeness (QED) is 0.571.